The molecule has 0 saturated heterocycles. The number of nitrogens with one attached hydrogen (secondary N) is 2. The number of benzene rings is 1. The molecule has 0 aliphatic rings. The Bertz CT molecular complexity index is 613. The zero-order valence-electron chi connectivity index (χ0n) is 17.4. The van der Waals surface area contributed by atoms with Gasteiger partial charge in [-0.25, -0.2) is 0 Å². The van der Waals surface area contributed by atoms with E-state index in [1.54, 1.807) is 24.3 Å². The predicted octanol–water partition coefficient (Wildman–Crippen LogP) is 3.64. The van der Waals surface area contributed by atoms with E-state index in [2.05, 4.69) is 17.6 Å². The highest BCUT2D eigenvalue weighted by Gasteiger charge is 2.11. The maximum atomic E-state index is 12.2. The van der Waals surface area contributed by atoms with E-state index >= 15 is 0 Å². The number of Topliss-reactive ketones (excluding diaryl/α,β-unsaturated/α-hetero) is 1. The summed E-state index contributed by atoms with van der Waals surface area (Å²) in [6, 6.07) is 7.17. The van der Waals surface area contributed by atoms with E-state index in [0.717, 1.165) is 31.4 Å². The molecule has 1 aromatic carbocycles. The van der Waals surface area contributed by atoms with Crippen LogP contribution in [0.1, 0.15) is 76.1 Å². The molecule has 1 unspecified atom stereocenters. The van der Waals surface area contributed by atoms with E-state index in [0.29, 0.717) is 12.2 Å². The Balaban J connectivity index is 2.26. The van der Waals surface area contributed by atoms with Crippen LogP contribution in [0, 0.1) is 0 Å². The second-order valence-electron chi connectivity index (χ2n) is 6.98. The molecule has 6 heteroatoms. The van der Waals surface area contributed by atoms with Crippen molar-refractivity contribution < 1.29 is 19.1 Å². The Labute approximate surface area is 168 Å². The number of hydrogen-bond donors (Lipinski definition) is 2. The van der Waals surface area contributed by atoms with Crippen molar-refractivity contribution in [3.05, 3.63) is 29.8 Å². The molecule has 0 aliphatic heterocycles. The van der Waals surface area contributed by atoms with Gasteiger partial charge < -0.3 is 15.4 Å². The van der Waals surface area contributed by atoms with Crippen LogP contribution in [0.5, 0.6) is 5.75 Å². The van der Waals surface area contributed by atoms with Crippen LogP contribution in [-0.4, -0.2) is 36.8 Å². The molecule has 0 saturated carbocycles. The van der Waals surface area contributed by atoms with E-state index in [9.17, 15) is 14.4 Å². The number of ether oxygens (including phenoxy) is 1. The quantitative estimate of drug-likeness (QED) is 0.375. The molecule has 0 aliphatic carbocycles. The van der Waals surface area contributed by atoms with Crippen LogP contribution in [0.25, 0.3) is 0 Å². The molecule has 2 N–H and O–H groups in total. The van der Waals surface area contributed by atoms with Gasteiger partial charge in [0.2, 0.25) is 11.8 Å². The highest BCUT2D eigenvalue weighted by atomic mass is 16.5. The normalized spacial score (nSPS) is 11.5. The SMILES string of the molecule is CCCCCOc1ccc(C(=O)CCC(=O)NCCC(=O)NC(C)CC)cc1. The maximum absolute atomic E-state index is 12.2. The number of ketones is 1. The van der Waals surface area contributed by atoms with Gasteiger partial charge in [-0.05, 0) is 44.0 Å². The van der Waals surface area contributed by atoms with Crippen LogP contribution in [0.4, 0.5) is 0 Å². The lowest BCUT2D eigenvalue weighted by Gasteiger charge is -2.11. The van der Waals surface area contributed by atoms with E-state index in [1.165, 1.54) is 0 Å². The van der Waals surface area contributed by atoms with Crippen molar-refractivity contribution in [2.24, 2.45) is 0 Å². The lowest BCUT2D eigenvalue weighted by molar-refractivity contribution is -0.122. The average molecular weight is 391 g/mol. The summed E-state index contributed by atoms with van der Waals surface area (Å²) in [4.78, 5) is 35.7. The molecule has 0 aromatic heterocycles. The van der Waals surface area contributed by atoms with Crippen molar-refractivity contribution >= 4 is 17.6 Å². The van der Waals surface area contributed by atoms with E-state index in [1.807, 2.05) is 13.8 Å². The van der Waals surface area contributed by atoms with Crippen molar-refractivity contribution in [3.8, 4) is 5.75 Å². The number of amides is 2. The number of unbranched alkanes of at least 4 members (excludes halogenated alkanes) is 2. The fourth-order valence-corrected chi connectivity index (χ4v) is 2.50. The minimum Gasteiger partial charge on any atom is -0.494 e. The summed E-state index contributed by atoms with van der Waals surface area (Å²) in [5, 5.41) is 5.53. The summed E-state index contributed by atoms with van der Waals surface area (Å²) in [6.45, 7) is 7.03. The first-order chi connectivity index (χ1) is 13.5. The molecule has 1 rings (SSSR count). The highest BCUT2D eigenvalue weighted by Crippen LogP contribution is 2.14. The monoisotopic (exact) mass is 390 g/mol. The van der Waals surface area contributed by atoms with Crippen molar-refractivity contribution in [1.29, 1.82) is 0 Å². The summed E-state index contributed by atoms with van der Waals surface area (Å²) in [7, 11) is 0. The Kier molecular flexibility index (Phi) is 11.6. The molecule has 2 amide bonds. The van der Waals surface area contributed by atoms with Gasteiger partial charge in [-0.2, -0.15) is 0 Å². The van der Waals surface area contributed by atoms with Crippen LogP contribution < -0.4 is 15.4 Å². The van der Waals surface area contributed by atoms with Gasteiger partial charge in [0.25, 0.3) is 0 Å². The average Bonchev–Trinajstić information content (AvgIpc) is 2.69. The molecule has 156 valence electrons. The summed E-state index contributed by atoms with van der Waals surface area (Å²) in [6.07, 6.45) is 4.67. The zero-order chi connectivity index (χ0) is 20.8. The van der Waals surface area contributed by atoms with Crippen LogP contribution in [0.2, 0.25) is 0 Å². The summed E-state index contributed by atoms with van der Waals surface area (Å²) in [5.41, 5.74) is 0.571. The lowest BCUT2D eigenvalue weighted by Crippen LogP contribution is -2.35. The second-order valence-corrected chi connectivity index (χ2v) is 6.98. The second kappa shape index (κ2) is 13.7. The van der Waals surface area contributed by atoms with Crippen molar-refractivity contribution in [3.63, 3.8) is 0 Å². The topological polar surface area (TPSA) is 84.5 Å². The minimum atomic E-state index is -0.222. The number of hydrogen-bond acceptors (Lipinski definition) is 4. The van der Waals surface area contributed by atoms with E-state index < -0.39 is 0 Å². The van der Waals surface area contributed by atoms with E-state index in [4.69, 9.17) is 4.74 Å². The number of carbonyl (C=O) groups is 3. The Hall–Kier alpha value is -2.37. The van der Waals surface area contributed by atoms with Gasteiger partial charge in [-0.15, -0.1) is 0 Å². The third-order valence-corrected chi connectivity index (χ3v) is 4.47. The van der Waals surface area contributed by atoms with Gasteiger partial charge in [0.15, 0.2) is 5.78 Å². The Morgan fingerprint density at radius 1 is 0.964 bits per heavy atom. The zero-order valence-corrected chi connectivity index (χ0v) is 17.4. The maximum Gasteiger partial charge on any atom is 0.221 e. The molecule has 0 radical (unpaired) electrons. The summed E-state index contributed by atoms with van der Waals surface area (Å²) >= 11 is 0. The highest BCUT2D eigenvalue weighted by molar-refractivity contribution is 5.98. The molecule has 6 nitrogen and oxygen atoms in total. The van der Waals surface area contributed by atoms with Crippen molar-refractivity contribution in [2.75, 3.05) is 13.2 Å². The number of carbonyl (C=O) groups excluding carboxylic acids is 3. The molecule has 0 heterocycles. The van der Waals surface area contributed by atoms with Gasteiger partial charge >= 0.3 is 0 Å². The fourth-order valence-electron chi connectivity index (χ4n) is 2.50. The third kappa shape index (κ3) is 10.1. The van der Waals surface area contributed by atoms with Crippen LogP contribution in [0.3, 0.4) is 0 Å². The van der Waals surface area contributed by atoms with Crippen LogP contribution in [-0.2, 0) is 9.59 Å². The molecular formula is C22H34N2O4. The first-order valence-corrected chi connectivity index (χ1v) is 10.3. The van der Waals surface area contributed by atoms with Gasteiger partial charge in [-0.3, -0.25) is 14.4 Å². The predicted molar refractivity (Wildman–Crippen MR) is 111 cm³/mol. The molecule has 1 atom stereocenters. The van der Waals surface area contributed by atoms with Gasteiger partial charge in [0.05, 0.1) is 6.61 Å². The molecule has 0 bridgehead atoms. The lowest BCUT2D eigenvalue weighted by atomic mass is 10.1. The largest absolute Gasteiger partial charge is 0.494 e. The van der Waals surface area contributed by atoms with Gasteiger partial charge in [0, 0.05) is 37.4 Å². The van der Waals surface area contributed by atoms with Crippen molar-refractivity contribution in [1.82, 2.24) is 10.6 Å². The molecule has 0 fully saturated rings. The van der Waals surface area contributed by atoms with Gasteiger partial charge in [-0.1, -0.05) is 26.7 Å². The molecule has 1 aromatic rings. The van der Waals surface area contributed by atoms with Crippen LogP contribution in [0.15, 0.2) is 24.3 Å². The Morgan fingerprint density at radius 2 is 1.68 bits per heavy atom. The smallest absolute Gasteiger partial charge is 0.221 e. The minimum absolute atomic E-state index is 0.0808. The molecule has 0 spiro atoms. The van der Waals surface area contributed by atoms with Gasteiger partial charge in [0.1, 0.15) is 5.75 Å². The third-order valence-electron chi connectivity index (χ3n) is 4.47. The first-order valence-electron chi connectivity index (χ1n) is 10.3. The first kappa shape index (κ1) is 23.7. The van der Waals surface area contributed by atoms with Crippen molar-refractivity contribution in [2.45, 2.75) is 71.8 Å². The molecular weight excluding hydrogens is 356 g/mol. The fraction of sp³-hybridized carbons (Fsp3) is 0.591. The molecule has 28 heavy (non-hydrogen) atoms. The number of rotatable bonds is 14. The Morgan fingerprint density at radius 3 is 2.32 bits per heavy atom. The summed E-state index contributed by atoms with van der Waals surface area (Å²) in [5.74, 6) is 0.367. The van der Waals surface area contributed by atoms with Crippen LogP contribution >= 0.6 is 0 Å². The van der Waals surface area contributed by atoms with E-state index in [-0.39, 0.29) is 49.4 Å². The summed E-state index contributed by atoms with van der Waals surface area (Å²) < 4.78 is 5.63. The standard InChI is InChI=1S/C22H34N2O4/c1-4-6-7-16-28-19-10-8-18(9-11-19)20(25)12-13-21(26)23-15-14-22(27)24-17(3)5-2/h8-11,17H,4-7,12-16H2,1-3H3,(H,23,26)(H,24,27).